The molecule has 2 nitrogen and oxygen atoms in total. The van der Waals surface area contributed by atoms with Gasteiger partial charge in [-0.1, -0.05) is 0 Å². The van der Waals surface area contributed by atoms with E-state index in [-0.39, 0.29) is 39.9 Å². The van der Waals surface area contributed by atoms with Crippen LogP contribution in [0.15, 0.2) is 0 Å². The molecule has 0 saturated carbocycles. The Morgan fingerprint density at radius 3 is 1.75 bits per heavy atom. The summed E-state index contributed by atoms with van der Waals surface area (Å²) in [4.78, 5) is 0. The van der Waals surface area contributed by atoms with Crippen molar-refractivity contribution in [2.24, 2.45) is 0 Å². The molecule has 0 spiro atoms. The molecule has 0 aromatic heterocycles. The second-order valence-corrected chi connectivity index (χ2v) is 0.289. The van der Waals surface area contributed by atoms with Crippen LogP contribution in [0.5, 0.6) is 0 Å². The summed E-state index contributed by atoms with van der Waals surface area (Å²) in [5.41, 5.74) is 0. The van der Waals surface area contributed by atoms with Gasteiger partial charge in [0.05, 0.1) is 0 Å². The van der Waals surface area contributed by atoms with Crippen molar-refractivity contribution < 1.29 is 47.9 Å². The van der Waals surface area contributed by atoms with Crippen LogP contribution in [-0.4, -0.2) is 15.5 Å². The number of hydrogen-bond acceptors (Lipinski definition) is 2. The van der Waals surface area contributed by atoms with Crippen LogP contribution in [0.3, 0.4) is 0 Å². The fourth-order valence-electron chi connectivity index (χ4n) is 0. The van der Waals surface area contributed by atoms with Crippen LogP contribution in [0.2, 0.25) is 0 Å². The van der Waals surface area contributed by atoms with Crippen molar-refractivity contribution in [2.45, 2.75) is 0 Å². The molecule has 0 aromatic carbocycles. The summed E-state index contributed by atoms with van der Waals surface area (Å²) in [6, 6.07) is 0. The van der Waals surface area contributed by atoms with Crippen LogP contribution in [0.25, 0.3) is 0 Å². The van der Waals surface area contributed by atoms with E-state index in [2.05, 4.69) is 0 Å². The van der Waals surface area contributed by atoms with Crippen LogP contribution >= 0.6 is 0 Å². The molecule has 0 heterocycles. The third-order valence-electron chi connectivity index (χ3n) is 0. The molecule has 0 aliphatic heterocycles. The Kier molecular flexibility index (Phi) is 20.0. The van der Waals surface area contributed by atoms with Gasteiger partial charge in [0.1, 0.15) is 0 Å². The molecule has 4 heavy (non-hydrogen) atoms. The molecule has 0 saturated heterocycles. The third kappa shape index (κ3) is 9.83. The van der Waals surface area contributed by atoms with Gasteiger partial charge in [-0.2, -0.15) is 0 Å². The Morgan fingerprint density at radius 1 is 1.75 bits per heavy atom. The van der Waals surface area contributed by atoms with Gasteiger partial charge in [-0.15, -0.1) is 0 Å². The first-order valence-corrected chi connectivity index (χ1v) is 1.41. The Morgan fingerprint density at radius 2 is 1.75 bits per heavy atom. The molecule has 0 aliphatic carbocycles. The summed E-state index contributed by atoms with van der Waals surface area (Å²) in [6.07, 6.45) is 0. The first kappa shape index (κ1) is 9.07. The number of hydrogen-bond donors (Lipinski definition) is 0. The van der Waals surface area contributed by atoms with Crippen LogP contribution in [0, 0.1) is 39.9 Å². The van der Waals surface area contributed by atoms with Crippen LogP contribution < -0.4 is 4.16 Å². The molecular weight excluding hydrogens is 216 g/mol. The van der Waals surface area contributed by atoms with Crippen molar-refractivity contribution in [3.05, 3.63) is 0 Å². The minimum atomic E-state index is -1.75. The zero-order valence-corrected chi connectivity index (χ0v) is 5.17. The predicted molar refractivity (Wildman–Crippen MR) is 6.44 cm³/mol. The van der Waals surface area contributed by atoms with Gasteiger partial charge in [0.15, 0.2) is 0 Å². The monoisotopic (exact) mass is 217 g/mol. The van der Waals surface area contributed by atoms with E-state index in [1.165, 1.54) is 0 Å². The first-order valence-electron chi connectivity index (χ1n) is 0.471. The molecule has 0 unspecified atom stereocenters. The fraction of sp³-hybridized carbons (Fsp3) is 0. The van der Waals surface area contributed by atoms with E-state index in [1.807, 2.05) is 0 Å². The summed E-state index contributed by atoms with van der Waals surface area (Å²) < 4.78 is 16.9. The molecule has 0 atom stereocenters. The molecule has 0 fully saturated rings. The molecule has 0 aliphatic rings. The van der Waals surface area contributed by atoms with Crippen molar-refractivity contribution in [1.29, 1.82) is 0 Å². The molecule has 0 rings (SSSR count). The maximum absolute atomic E-state index is 8.46. The summed E-state index contributed by atoms with van der Waals surface area (Å²) in [5, 5.41) is 0. The van der Waals surface area contributed by atoms with Crippen molar-refractivity contribution in [1.82, 2.24) is 0 Å². The summed E-state index contributed by atoms with van der Waals surface area (Å²) in [7, 11) is 0. The first-order chi connectivity index (χ1) is 1.41. The summed E-state index contributed by atoms with van der Waals surface area (Å²) >= 11 is -1.75. The SMILES string of the molecule is [Gd].[O]=[Al][O-]. The fourth-order valence-corrected chi connectivity index (χ4v) is 0. The van der Waals surface area contributed by atoms with E-state index < -0.39 is 15.5 Å². The Balaban J connectivity index is 0. The molecule has 4 heteroatoms. The van der Waals surface area contributed by atoms with Gasteiger partial charge in [-0.25, -0.2) is 0 Å². The zero-order valence-electron chi connectivity index (χ0n) is 1.75. The molecule has 0 aromatic rings. The van der Waals surface area contributed by atoms with Crippen LogP contribution in [-0.2, 0) is 3.80 Å². The average Bonchev–Trinajstić information content (AvgIpc) is 0.918. The van der Waals surface area contributed by atoms with Gasteiger partial charge in [0, 0.05) is 39.9 Å². The van der Waals surface area contributed by atoms with E-state index in [0.29, 0.717) is 0 Å². The van der Waals surface area contributed by atoms with E-state index in [9.17, 15) is 0 Å². The quantitative estimate of drug-likeness (QED) is 0.453. The molecule has 0 bridgehead atoms. The molecule has 24 valence electrons. The average molecular weight is 216 g/mol. The summed E-state index contributed by atoms with van der Waals surface area (Å²) in [6.45, 7) is 0. The second-order valence-electron chi connectivity index (χ2n) is 0.0962. The second kappa shape index (κ2) is 8.82. The van der Waals surface area contributed by atoms with Gasteiger partial charge in [0.25, 0.3) is 0 Å². The maximum atomic E-state index is 8.46. The van der Waals surface area contributed by atoms with E-state index in [1.54, 1.807) is 0 Å². The van der Waals surface area contributed by atoms with E-state index in [0.717, 1.165) is 0 Å². The zero-order chi connectivity index (χ0) is 2.71. The Labute approximate surface area is 62.5 Å². The molecule has 0 N–H and O–H groups in total. The Hall–Kier alpha value is 1.46. The third-order valence-corrected chi connectivity index (χ3v) is 0. The van der Waals surface area contributed by atoms with Gasteiger partial charge in [-0.05, 0) is 0 Å². The van der Waals surface area contributed by atoms with Gasteiger partial charge in [-0.3, -0.25) is 0 Å². The topological polar surface area (TPSA) is 40.1 Å². The normalized spacial score (nSPS) is 2.00. The Bertz CT molecular complexity index is 13.5. The summed E-state index contributed by atoms with van der Waals surface area (Å²) in [5.74, 6) is 0. The molecular formula is AlGdO2-. The van der Waals surface area contributed by atoms with E-state index >= 15 is 0 Å². The van der Waals surface area contributed by atoms with Gasteiger partial charge >= 0.3 is 23.4 Å². The number of rotatable bonds is 0. The molecule has 0 amide bonds. The van der Waals surface area contributed by atoms with Crippen molar-refractivity contribution in [3.63, 3.8) is 0 Å². The van der Waals surface area contributed by atoms with E-state index in [4.69, 9.17) is 7.96 Å². The van der Waals surface area contributed by atoms with Gasteiger partial charge in [0.2, 0.25) is 0 Å². The van der Waals surface area contributed by atoms with Crippen LogP contribution in [0.4, 0.5) is 0 Å². The van der Waals surface area contributed by atoms with Gasteiger partial charge < -0.3 is 0 Å². The van der Waals surface area contributed by atoms with Crippen molar-refractivity contribution >= 4 is 15.5 Å². The minimum absolute atomic E-state index is 0. The standard InChI is InChI=1S/Al.Gd.2O/q;;;-1. The molecule has 0 radical (unpaired) electrons. The van der Waals surface area contributed by atoms with Crippen LogP contribution in [0.1, 0.15) is 0 Å². The predicted octanol–water partition coefficient (Wildman–Crippen LogP) is -1.69. The van der Waals surface area contributed by atoms with Crippen molar-refractivity contribution in [2.75, 3.05) is 0 Å². The van der Waals surface area contributed by atoms with Crippen molar-refractivity contribution in [3.8, 4) is 0 Å².